The molecule has 4 heteroatoms. The van der Waals surface area contributed by atoms with Crippen molar-refractivity contribution in [3.8, 4) is 0 Å². The minimum atomic E-state index is 0.210. The van der Waals surface area contributed by atoms with Crippen LogP contribution in [0.2, 0.25) is 0 Å². The Labute approximate surface area is 97.5 Å². The Morgan fingerprint density at radius 3 is 2.19 bits per heavy atom. The number of carbonyl (C=O) groups excluding carboxylic acids is 1. The zero-order valence-electron chi connectivity index (χ0n) is 10.3. The van der Waals surface area contributed by atoms with Gasteiger partial charge in [0.1, 0.15) is 0 Å². The first-order valence-electron chi connectivity index (χ1n) is 6.28. The monoisotopic (exact) mass is 226 g/mol. The van der Waals surface area contributed by atoms with Gasteiger partial charge in [-0.1, -0.05) is 13.8 Å². The molecule has 0 N–H and O–H groups in total. The summed E-state index contributed by atoms with van der Waals surface area (Å²) >= 11 is 0. The van der Waals surface area contributed by atoms with Crippen LogP contribution in [0.25, 0.3) is 0 Å². The highest BCUT2D eigenvalue weighted by Crippen LogP contribution is 2.22. The summed E-state index contributed by atoms with van der Waals surface area (Å²) in [5.41, 5.74) is 0. The molecule has 2 rings (SSSR count). The maximum Gasteiger partial charge on any atom is 0.320 e. The summed E-state index contributed by atoms with van der Waals surface area (Å²) in [5.74, 6) is 1.27. The van der Waals surface area contributed by atoms with E-state index in [0.29, 0.717) is 25.0 Å². The predicted octanol–water partition coefficient (Wildman–Crippen LogP) is 1.42. The van der Waals surface area contributed by atoms with Crippen molar-refractivity contribution >= 4 is 6.03 Å². The summed E-state index contributed by atoms with van der Waals surface area (Å²) in [5, 5.41) is 0. The highest BCUT2D eigenvalue weighted by Gasteiger charge is 2.29. The molecule has 2 heterocycles. The number of hydrogen-bond donors (Lipinski definition) is 0. The Morgan fingerprint density at radius 2 is 1.62 bits per heavy atom. The fourth-order valence-corrected chi connectivity index (χ4v) is 2.77. The van der Waals surface area contributed by atoms with Crippen LogP contribution < -0.4 is 0 Å². The molecule has 2 fully saturated rings. The molecular formula is C12H22N2O2. The van der Waals surface area contributed by atoms with Gasteiger partial charge in [-0.15, -0.1) is 0 Å². The number of likely N-dealkylation sites (tertiary alicyclic amines) is 1. The molecular weight excluding hydrogens is 204 g/mol. The normalized spacial score (nSPS) is 31.6. The molecule has 4 nitrogen and oxygen atoms in total. The lowest BCUT2D eigenvalue weighted by atomic mass is 9.92. The van der Waals surface area contributed by atoms with E-state index in [1.165, 1.54) is 6.42 Å². The zero-order chi connectivity index (χ0) is 11.5. The molecule has 0 aromatic carbocycles. The topological polar surface area (TPSA) is 32.8 Å². The largest absolute Gasteiger partial charge is 0.378 e. The van der Waals surface area contributed by atoms with E-state index in [2.05, 4.69) is 13.8 Å². The van der Waals surface area contributed by atoms with Gasteiger partial charge in [0.25, 0.3) is 0 Å². The minimum Gasteiger partial charge on any atom is -0.378 e. The van der Waals surface area contributed by atoms with Crippen molar-refractivity contribution in [2.24, 2.45) is 11.8 Å². The first kappa shape index (κ1) is 11.7. The number of morpholine rings is 1. The molecule has 2 aliphatic rings. The van der Waals surface area contributed by atoms with Crippen molar-refractivity contribution in [3.63, 3.8) is 0 Å². The molecule has 2 atom stereocenters. The standard InChI is InChI=1S/C12H22N2O2/c1-10-7-11(2)9-14(8-10)12(15)13-3-5-16-6-4-13/h10-11H,3-9H2,1-2H3/t10-,11-/m1/s1. The van der Waals surface area contributed by atoms with Gasteiger partial charge in [0.2, 0.25) is 0 Å². The average molecular weight is 226 g/mol. The van der Waals surface area contributed by atoms with Crippen LogP contribution >= 0.6 is 0 Å². The Kier molecular flexibility index (Phi) is 3.69. The SMILES string of the molecule is C[C@@H]1C[C@@H](C)CN(C(=O)N2CCOCC2)C1. The molecule has 2 saturated heterocycles. The van der Waals surface area contributed by atoms with Crippen molar-refractivity contribution in [1.29, 1.82) is 0 Å². The van der Waals surface area contributed by atoms with E-state index >= 15 is 0 Å². The first-order chi connectivity index (χ1) is 7.66. The fourth-order valence-electron chi connectivity index (χ4n) is 2.77. The molecule has 92 valence electrons. The Bertz CT molecular complexity index is 241. The maximum atomic E-state index is 12.2. The summed E-state index contributed by atoms with van der Waals surface area (Å²) in [6.07, 6.45) is 1.24. The molecule has 16 heavy (non-hydrogen) atoms. The predicted molar refractivity (Wildman–Crippen MR) is 62.3 cm³/mol. The van der Waals surface area contributed by atoms with Crippen molar-refractivity contribution in [2.45, 2.75) is 20.3 Å². The van der Waals surface area contributed by atoms with Crippen LogP contribution in [0.15, 0.2) is 0 Å². The fraction of sp³-hybridized carbons (Fsp3) is 0.917. The third-order valence-electron chi connectivity index (χ3n) is 3.42. The van der Waals surface area contributed by atoms with Crippen molar-refractivity contribution in [3.05, 3.63) is 0 Å². The van der Waals surface area contributed by atoms with Crippen molar-refractivity contribution in [1.82, 2.24) is 9.80 Å². The number of piperidine rings is 1. The van der Waals surface area contributed by atoms with Crippen LogP contribution in [-0.4, -0.2) is 55.2 Å². The smallest absolute Gasteiger partial charge is 0.320 e. The highest BCUT2D eigenvalue weighted by molar-refractivity contribution is 5.74. The van der Waals surface area contributed by atoms with Gasteiger partial charge < -0.3 is 14.5 Å². The van der Waals surface area contributed by atoms with E-state index in [1.807, 2.05) is 9.80 Å². The number of urea groups is 1. The van der Waals surface area contributed by atoms with Gasteiger partial charge in [0.15, 0.2) is 0 Å². The van der Waals surface area contributed by atoms with Gasteiger partial charge >= 0.3 is 6.03 Å². The van der Waals surface area contributed by atoms with Gasteiger partial charge in [-0.2, -0.15) is 0 Å². The van der Waals surface area contributed by atoms with Crippen LogP contribution in [0.5, 0.6) is 0 Å². The lowest BCUT2D eigenvalue weighted by Crippen LogP contribution is -2.52. The van der Waals surface area contributed by atoms with Gasteiger partial charge in [-0.3, -0.25) is 0 Å². The van der Waals surface area contributed by atoms with Crippen LogP contribution in [-0.2, 0) is 4.74 Å². The van der Waals surface area contributed by atoms with Gasteiger partial charge in [0, 0.05) is 26.2 Å². The molecule has 2 amide bonds. The maximum absolute atomic E-state index is 12.2. The third kappa shape index (κ3) is 2.67. The number of carbonyl (C=O) groups is 1. The molecule has 0 bridgehead atoms. The summed E-state index contributed by atoms with van der Waals surface area (Å²) in [6.45, 7) is 9.16. The number of amides is 2. The van der Waals surface area contributed by atoms with E-state index in [9.17, 15) is 4.79 Å². The van der Waals surface area contributed by atoms with E-state index in [4.69, 9.17) is 4.74 Å². The molecule has 0 aromatic rings. The van der Waals surface area contributed by atoms with E-state index in [0.717, 1.165) is 26.2 Å². The Morgan fingerprint density at radius 1 is 1.06 bits per heavy atom. The van der Waals surface area contributed by atoms with Crippen LogP contribution in [0.3, 0.4) is 0 Å². The second-order valence-electron chi connectivity index (χ2n) is 5.23. The lowest BCUT2D eigenvalue weighted by molar-refractivity contribution is 0.0366. The average Bonchev–Trinajstić information content (AvgIpc) is 2.28. The number of ether oxygens (including phenoxy) is 1. The molecule has 0 spiro atoms. The molecule has 0 radical (unpaired) electrons. The summed E-state index contributed by atoms with van der Waals surface area (Å²) in [7, 11) is 0. The molecule has 0 aromatic heterocycles. The highest BCUT2D eigenvalue weighted by atomic mass is 16.5. The second-order valence-corrected chi connectivity index (χ2v) is 5.23. The van der Waals surface area contributed by atoms with E-state index in [1.54, 1.807) is 0 Å². The molecule has 2 aliphatic heterocycles. The van der Waals surface area contributed by atoms with Crippen LogP contribution in [0.4, 0.5) is 4.79 Å². The third-order valence-corrected chi connectivity index (χ3v) is 3.42. The Hall–Kier alpha value is -0.770. The van der Waals surface area contributed by atoms with Crippen LogP contribution in [0.1, 0.15) is 20.3 Å². The van der Waals surface area contributed by atoms with Crippen LogP contribution in [0, 0.1) is 11.8 Å². The minimum absolute atomic E-state index is 0.210. The summed E-state index contributed by atoms with van der Waals surface area (Å²) in [4.78, 5) is 16.2. The quantitative estimate of drug-likeness (QED) is 0.626. The molecule has 0 aliphatic carbocycles. The molecule has 0 saturated carbocycles. The second kappa shape index (κ2) is 5.04. The first-order valence-corrected chi connectivity index (χ1v) is 6.28. The van der Waals surface area contributed by atoms with E-state index in [-0.39, 0.29) is 6.03 Å². The molecule has 0 unspecified atom stereocenters. The Balaban J connectivity index is 1.92. The number of rotatable bonds is 0. The number of nitrogens with zero attached hydrogens (tertiary/aromatic N) is 2. The van der Waals surface area contributed by atoms with Gasteiger partial charge in [-0.05, 0) is 18.3 Å². The summed E-state index contributed by atoms with van der Waals surface area (Å²) in [6, 6.07) is 0.210. The lowest BCUT2D eigenvalue weighted by Gasteiger charge is -2.39. The number of hydrogen-bond acceptors (Lipinski definition) is 2. The van der Waals surface area contributed by atoms with E-state index < -0.39 is 0 Å². The van der Waals surface area contributed by atoms with Gasteiger partial charge in [0.05, 0.1) is 13.2 Å². The van der Waals surface area contributed by atoms with Crippen molar-refractivity contribution in [2.75, 3.05) is 39.4 Å². The zero-order valence-corrected chi connectivity index (χ0v) is 10.3. The van der Waals surface area contributed by atoms with Crippen molar-refractivity contribution < 1.29 is 9.53 Å². The summed E-state index contributed by atoms with van der Waals surface area (Å²) < 4.78 is 5.27. The van der Waals surface area contributed by atoms with Gasteiger partial charge in [-0.25, -0.2) is 4.79 Å².